The van der Waals surface area contributed by atoms with Crippen molar-refractivity contribution in [2.45, 2.75) is 19.6 Å². The van der Waals surface area contributed by atoms with Crippen LogP contribution in [0.1, 0.15) is 12.5 Å². The number of halogens is 1. The number of nitrogen functional groups attached to an aromatic ring is 1. The van der Waals surface area contributed by atoms with Crippen LogP contribution in [0.15, 0.2) is 18.2 Å². The first-order chi connectivity index (χ1) is 7.65. The van der Waals surface area contributed by atoms with Gasteiger partial charge in [-0.25, -0.2) is 4.39 Å². The molecule has 1 aromatic carbocycles. The Morgan fingerprint density at radius 3 is 3.06 bits per heavy atom. The van der Waals surface area contributed by atoms with E-state index in [-0.39, 0.29) is 11.9 Å². The summed E-state index contributed by atoms with van der Waals surface area (Å²) in [6, 6.07) is 4.87. The van der Waals surface area contributed by atoms with E-state index < -0.39 is 0 Å². The Morgan fingerprint density at radius 2 is 2.38 bits per heavy atom. The number of morpholine rings is 1. The van der Waals surface area contributed by atoms with Gasteiger partial charge in [-0.05, 0) is 19.1 Å². The molecular formula is C12H17FN2O. The predicted octanol–water partition coefficient (Wildman–Crippen LogP) is 1.63. The maximum absolute atomic E-state index is 13.6. The molecule has 1 fully saturated rings. The van der Waals surface area contributed by atoms with Crippen LogP contribution in [0.3, 0.4) is 0 Å². The summed E-state index contributed by atoms with van der Waals surface area (Å²) >= 11 is 0. The third-order valence-electron chi connectivity index (χ3n) is 2.80. The molecule has 0 aliphatic carbocycles. The van der Waals surface area contributed by atoms with Crippen LogP contribution in [0.4, 0.5) is 10.1 Å². The minimum Gasteiger partial charge on any atom is -0.399 e. The van der Waals surface area contributed by atoms with E-state index in [0.29, 0.717) is 17.8 Å². The van der Waals surface area contributed by atoms with Crippen molar-refractivity contribution >= 4 is 5.69 Å². The number of nitrogens with zero attached hydrogens (tertiary/aromatic N) is 1. The number of anilines is 1. The van der Waals surface area contributed by atoms with Gasteiger partial charge >= 0.3 is 0 Å². The Morgan fingerprint density at radius 1 is 1.56 bits per heavy atom. The van der Waals surface area contributed by atoms with Gasteiger partial charge in [0.2, 0.25) is 0 Å². The quantitative estimate of drug-likeness (QED) is 0.776. The Labute approximate surface area is 95.0 Å². The van der Waals surface area contributed by atoms with Crippen molar-refractivity contribution in [3.8, 4) is 0 Å². The van der Waals surface area contributed by atoms with E-state index in [9.17, 15) is 4.39 Å². The van der Waals surface area contributed by atoms with Gasteiger partial charge in [-0.15, -0.1) is 0 Å². The Balaban J connectivity index is 2.02. The molecule has 1 saturated heterocycles. The molecule has 3 nitrogen and oxygen atoms in total. The van der Waals surface area contributed by atoms with E-state index in [4.69, 9.17) is 10.5 Å². The summed E-state index contributed by atoms with van der Waals surface area (Å²) in [5, 5.41) is 0. The average molecular weight is 224 g/mol. The van der Waals surface area contributed by atoms with Crippen LogP contribution in [-0.4, -0.2) is 30.7 Å². The summed E-state index contributed by atoms with van der Waals surface area (Å²) < 4.78 is 19.0. The summed E-state index contributed by atoms with van der Waals surface area (Å²) in [5.41, 5.74) is 6.68. The van der Waals surface area contributed by atoms with Gasteiger partial charge in [-0.3, -0.25) is 4.90 Å². The molecule has 1 aliphatic rings. The van der Waals surface area contributed by atoms with Gasteiger partial charge in [0.15, 0.2) is 0 Å². The van der Waals surface area contributed by atoms with Crippen LogP contribution >= 0.6 is 0 Å². The van der Waals surface area contributed by atoms with Crippen molar-refractivity contribution < 1.29 is 9.13 Å². The second kappa shape index (κ2) is 4.80. The Bertz CT molecular complexity index is 370. The van der Waals surface area contributed by atoms with Gasteiger partial charge in [0.25, 0.3) is 0 Å². The van der Waals surface area contributed by atoms with E-state index in [0.717, 1.165) is 19.7 Å². The van der Waals surface area contributed by atoms with Gasteiger partial charge in [-0.1, -0.05) is 6.07 Å². The van der Waals surface area contributed by atoms with Crippen molar-refractivity contribution in [1.82, 2.24) is 4.90 Å². The third-order valence-corrected chi connectivity index (χ3v) is 2.80. The molecule has 1 aromatic rings. The fourth-order valence-electron chi connectivity index (χ4n) is 1.97. The normalized spacial score (nSPS) is 22.2. The van der Waals surface area contributed by atoms with Crippen LogP contribution < -0.4 is 5.73 Å². The smallest absolute Gasteiger partial charge is 0.129 e. The van der Waals surface area contributed by atoms with Gasteiger partial charge in [-0.2, -0.15) is 0 Å². The van der Waals surface area contributed by atoms with Gasteiger partial charge in [0.05, 0.1) is 12.7 Å². The number of ether oxygens (including phenoxy) is 1. The SMILES string of the molecule is C[C@@H]1CN(Cc2ccc(N)cc2F)CCO1. The van der Waals surface area contributed by atoms with E-state index in [1.165, 1.54) is 6.07 Å². The molecule has 1 heterocycles. The number of nitrogens with two attached hydrogens (primary N) is 1. The summed E-state index contributed by atoms with van der Waals surface area (Å²) in [5.74, 6) is -0.223. The van der Waals surface area contributed by atoms with Gasteiger partial charge < -0.3 is 10.5 Å². The zero-order valence-corrected chi connectivity index (χ0v) is 9.45. The molecule has 4 heteroatoms. The Hall–Kier alpha value is -1.13. The molecule has 0 unspecified atom stereocenters. The first kappa shape index (κ1) is 11.4. The lowest BCUT2D eigenvalue weighted by molar-refractivity contribution is -0.0215. The molecule has 0 aromatic heterocycles. The molecule has 0 amide bonds. The molecule has 1 aliphatic heterocycles. The van der Waals surface area contributed by atoms with Crippen molar-refractivity contribution in [1.29, 1.82) is 0 Å². The van der Waals surface area contributed by atoms with Crippen molar-refractivity contribution in [3.05, 3.63) is 29.6 Å². The monoisotopic (exact) mass is 224 g/mol. The summed E-state index contributed by atoms with van der Waals surface area (Å²) in [4.78, 5) is 2.20. The summed E-state index contributed by atoms with van der Waals surface area (Å²) in [6.07, 6.45) is 0.227. The maximum Gasteiger partial charge on any atom is 0.129 e. The van der Waals surface area contributed by atoms with Crippen LogP contribution in [0.2, 0.25) is 0 Å². The molecule has 0 spiro atoms. The molecule has 88 valence electrons. The summed E-state index contributed by atoms with van der Waals surface area (Å²) in [7, 11) is 0. The fraction of sp³-hybridized carbons (Fsp3) is 0.500. The number of rotatable bonds is 2. The van der Waals surface area contributed by atoms with Crippen LogP contribution in [-0.2, 0) is 11.3 Å². The highest BCUT2D eigenvalue weighted by molar-refractivity contribution is 5.40. The molecule has 1 atom stereocenters. The van der Waals surface area contributed by atoms with Crippen LogP contribution in [0.25, 0.3) is 0 Å². The summed E-state index contributed by atoms with van der Waals surface area (Å²) in [6.45, 7) is 5.08. The van der Waals surface area contributed by atoms with Gasteiger partial charge in [0.1, 0.15) is 5.82 Å². The average Bonchev–Trinajstić information content (AvgIpc) is 2.22. The van der Waals surface area contributed by atoms with Crippen molar-refractivity contribution in [2.24, 2.45) is 0 Å². The molecule has 2 rings (SSSR count). The number of benzene rings is 1. The lowest BCUT2D eigenvalue weighted by Gasteiger charge is -2.31. The predicted molar refractivity (Wildman–Crippen MR) is 61.5 cm³/mol. The second-order valence-electron chi connectivity index (χ2n) is 4.27. The van der Waals surface area contributed by atoms with E-state index in [1.54, 1.807) is 12.1 Å². The van der Waals surface area contributed by atoms with Crippen LogP contribution in [0, 0.1) is 5.82 Å². The molecule has 16 heavy (non-hydrogen) atoms. The van der Waals surface area contributed by atoms with Crippen LogP contribution in [0.5, 0.6) is 0 Å². The van der Waals surface area contributed by atoms with Crippen molar-refractivity contribution in [3.63, 3.8) is 0 Å². The lowest BCUT2D eigenvalue weighted by atomic mass is 10.1. The molecule has 0 saturated carbocycles. The first-order valence-electron chi connectivity index (χ1n) is 5.53. The fourth-order valence-corrected chi connectivity index (χ4v) is 1.97. The molecular weight excluding hydrogens is 207 g/mol. The largest absolute Gasteiger partial charge is 0.399 e. The lowest BCUT2D eigenvalue weighted by Crippen LogP contribution is -2.40. The van der Waals surface area contributed by atoms with Crippen molar-refractivity contribution in [2.75, 3.05) is 25.4 Å². The number of hydrogen-bond acceptors (Lipinski definition) is 3. The molecule has 2 N–H and O–H groups in total. The minimum absolute atomic E-state index is 0.223. The topological polar surface area (TPSA) is 38.5 Å². The first-order valence-corrected chi connectivity index (χ1v) is 5.53. The van der Waals surface area contributed by atoms with Gasteiger partial charge in [0, 0.05) is 30.9 Å². The minimum atomic E-state index is -0.223. The zero-order valence-electron chi connectivity index (χ0n) is 9.45. The maximum atomic E-state index is 13.6. The number of hydrogen-bond donors (Lipinski definition) is 1. The Kier molecular flexibility index (Phi) is 3.41. The molecule has 0 bridgehead atoms. The van der Waals surface area contributed by atoms with E-state index in [2.05, 4.69) is 4.90 Å². The highest BCUT2D eigenvalue weighted by Crippen LogP contribution is 2.15. The van der Waals surface area contributed by atoms with E-state index >= 15 is 0 Å². The highest BCUT2D eigenvalue weighted by atomic mass is 19.1. The standard InChI is InChI=1S/C12H17FN2O/c1-9-7-15(4-5-16-9)8-10-2-3-11(14)6-12(10)13/h2-3,6,9H,4-5,7-8,14H2,1H3/t9-/m1/s1. The third kappa shape index (κ3) is 2.71. The second-order valence-corrected chi connectivity index (χ2v) is 4.27. The molecule has 0 radical (unpaired) electrons. The van der Waals surface area contributed by atoms with E-state index in [1.807, 2.05) is 6.92 Å². The zero-order chi connectivity index (χ0) is 11.5. The highest BCUT2D eigenvalue weighted by Gasteiger charge is 2.17.